The van der Waals surface area contributed by atoms with E-state index in [9.17, 15) is 9.90 Å². The van der Waals surface area contributed by atoms with E-state index in [0.29, 0.717) is 12.1 Å². The average molecular weight is 292 g/mol. The molecule has 0 aliphatic carbocycles. The minimum absolute atomic E-state index is 0.0715. The maximum absolute atomic E-state index is 12.5. The van der Waals surface area contributed by atoms with Gasteiger partial charge in [0.15, 0.2) is 0 Å². The van der Waals surface area contributed by atoms with Gasteiger partial charge in [-0.15, -0.1) is 0 Å². The standard InChI is InChI=1S/C17H28N2O2/c1-5-18(6-2)11-8-12-19(7-3)17(21)15-10-9-14(4)13-16(15)20/h9-10,13,20H,5-8,11-12H2,1-4H3. The van der Waals surface area contributed by atoms with Gasteiger partial charge in [0.2, 0.25) is 0 Å². The Morgan fingerprint density at radius 3 is 2.29 bits per heavy atom. The Balaban J connectivity index is 2.64. The summed E-state index contributed by atoms with van der Waals surface area (Å²) in [5.74, 6) is -0.0169. The molecule has 0 aliphatic rings. The number of aromatic hydroxyl groups is 1. The summed E-state index contributed by atoms with van der Waals surface area (Å²) in [6.45, 7) is 12.6. The molecule has 1 aromatic rings. The molecule has 1 amide bonds. The summed E-state index contributed by atoms with van der Waals surface area (Å²) in [6.07, 6.45) is 0.952. The normalized spacial score (nSPS) is 10.9. The molecule has 0 aromatic heterocycles. The van der Waals surface area contributed by atoms with E-state index in [-0.39, 0.29) is 11.7 Å². The Hall–Kier alpha value is -1.55. The number of carbonyl (C=O) groups is 1. The van der Waals surface area contributed by atoms with Crippen molar-refractivity contribution in [3.63, 3.8) is 0 Å². The molecular weight excluding hydrogens is 264 g/mol. The van der Waals surface area contributed by atoms with E-state index in [1.807, 2.05) is 19.9 Å². The summed E-state index contributed by atoms with van der Waals surface area (Å²) >= 11 is 0. The lowest BCUT2D eigenvalue weighted by Gasteiger charge is -2.24. The van der Waals surface area contributed by atoms with Crippen molar-refractivity contribution in [2.45, 2.75) is 34.1 Å². The molecule has 0 radical (unpaired) electrons. The Morgan fingerprint density at radius 1 is 1.10 bits per heavy atom. The van der Waals surface area contributed by atoms with Crippen LogP contribution in [0.15, 0.2) is 18.2 Å². The molecule has 1 rings (SSSR count). The summed E-state index contributed by atoms with van der Waals surface area (Å²) < 4.78 is 0. The number of carbonyl (C=O) groups excluding carboxylic acids is 1. The zero-order valence-electron chi connectivity index (χ0n) is 13.7. The molecule has 0 saturated carbocycles. The number of benzene rings is 1. The lowest BCUT2D eigenvalue weighted by Crippen LogP contribution is -2.34. The van der Waals surface area contributed by atoms with Crippen LogP contribution in [-0.2, 0) is 0 Å². The van der Waals surface area contributed by atoms with E-state index >= 15 is 0 Å². The minimum Gasteiger partial charge on any atom is -0.507 e. The molecule has 0 fully saturated rings. The van der Waals surface area contributed by atoms with Crippen LogP contribution < -0.4 is 0 Å². The fourth-order valence-corrected chi connectivity index (χ4v) is 2.42. The second kappa shape index (κ2) is 8.67. The van der Waals surface area contributed by atoms with Gasteiger partial charge in [-0.2, -0.15) is 0 Å². The van der Waals surface area contributed by atoms with Crippen LogP contribution in [0, 0.1) is 6.92 Å². The molecule has 0 unspecified atom stereocenters. The van der Waals surface area contributed by atoms with Crippen LogP contribution in [0.1, 0.15) is 43.1 Å². The van der Waals surface area contributed by atoms with Crippen molar-refractivity contribution in [1.29, 1.82) is 0 Å². The van der Waals surface area contributed by atoms with Crippen molar-refractivity contribution in [3.8, 4) is 5.75 Å². The van der Waals surface area contributed by atoms with Gasteiger partial charge in [0.1, 0.15) is 5.75 Å². The fraction of sp³-hybridized carbons (Fsp3) is 0.588. The second-order valence-electron chi connectivity index (χ2n) is 5.29. The van der Waals surface area contributed by atoms with Gasteiger partial charge in [-0.1, -0.05) is 19.9 Å². The van der Waals surface area contributed by atoms with Crippen LogP contribution in [0.25, 0.3) is 0 Å². The highest BCUT2D eigenvalue weighted by Gasteiger charge is 2.17. The molecule has 0 heterocycles. The largest absolute Gasteiger partial charge is 0.507 e. The van der Waals surface area contributed by atoms with Gasteiger partial charge in [0, 0.05) is 13.1 Å². The number of hydrogen-bond acceptors (Lipinski definition) is 3. The van der Waals surface area contributed by atoms with Gasteiger partial charge in [0.05, 0.1) is 5.56 Å². The number of phenolic OH excluding ortho intramolecular Hbond substituents is 1. The summed E-state index contributed by atoms with van der Waals surface area (Å²) in [4.78, 5) is 16.6. The van der Waals surface area contributed by atoms with Crippen molar-refractivity contribution in [3.05, 3.63) is 29.3 Å². The number of rotatable bonds is 8. The quantitative estimate of drug-likeness (QED) is 0.801. The predicted octanol–water partition coefficient (Wildman–Crippen LogP) is 2.89. The number of hydrogen-bond donors (Lipinski definition) is 1. The maximum Gasteiger partial charge on any atom is 0.257 e. The van der Waals surface area contributed by atoms with Crippen molar-refractivity contribution in [2.24, 2.45) is 0 Å². The van der Waals surface area contributed by atoms with Crippen molar-refractivity contribution in [2.75, 3.05) is 32.7 Å². The molecule has 21 heavy (non-hydrogen) atoms. The molecule has 1 aromatic carbocycles. The summed E-state index contributed by atoms with van der Waals surface area (Å²) in [5.41, 5.74) is 1.35. The summed E-state index contributed by atoms with van der Waals surface area (Å²) in [7, 11) is 0. The summed E-state index contributed by atoms with van der Waals surface area (Å²) in [6, 6.07) is 5.20. The Bertz CT molecular complexity index is 456. The molecule has 0 spiro atoms. The molecular formula is C17H28N2O2. The maximum atomic E-state index is 12.5. The first-order valence-corrected chi connectivity index (χ1v) is 7.84. The van der Waals surface area contributed by atoms with Gasteiger partial charge in [-0.05, 0) is 57.6 Å². The van der Waals surface area contributed by atoms with Crippen LogP contribution in [-0.4, -0.2) is 53.5 Å². The molecule has 0 aliphatic heterocycles. The third-order valence-corrected chi connectivity index (χ3v) is 3.85. The van der Waals surface area contributed by atoms with Crippen molar-refractivity contribution < 1.29 is 9.90 Å². The number of phenols is 1. The Morgan fingerprint density at radius 2 is 1.76 bits per heavy atom. The smallest absolute Gasteiger partial charge is 0.257 e. The van der Waals surface area contributed by atoms with E-state index in [4.69, 9.17) is 0 Å². The zero-order chi connectivity index (χ0) is 15.8. The molecule has 1 N–H and O–H groups in total. The monoisotopic (exact) mass is 292 g/mol. The van der Waals surface area contributed by atoms with E-state index in [1.165, 1.54) is 0 Å². The predicted molar refractivity (Wildman–Crippen MR) is 86.8 cm³/mol. The molecule has 0 saturated heterocycles. The highest BCUT2D eigenvalue weighted by Crippen LogP contribution is 2.20. The molecule has 118 valence electrons. The topological polar surface area (TPSA) is 43.8 Å². The van der Waals surface area contributed by atoms with Crippen LogP contribution >= 0.6 is 0 Å². The van der Waals surface area contributed by atoms with Crippen LogP contribution in [0.4, 0.5) is 0 Å². The number of nitrogens with zero attached hydrogens (tertiary/aromatic N) is 2. The minimum atomic E-state index is -0.0884. The molecule has 4 heteroatoms. The van der Waals surface area contributed by atoms with E-state index < -0.39 is 0 Å². The third kappa shape index (κ3) is 5.05. The van der Waals surface area contributed by atoms with Gasteiger partial charge in [-0.25, -0.2) is 0 Å². The van der Waals surface area contributed by atoms with Crippen LogP contribution in [0.3, 0.4) is 0 Å². The zero-order valence-corrected chi connectivity index (χ0v) is 13.7. The van der Waals surface area contributed by atoms with Gasteiger partial charge in [0.25, 0.3) is 5.91 Å². The van der Waals surface area contributed by atoms with Crippen LogP contribution in [0.2, 0.25) is 0 Å². The second-order valence-corrected chi connectivity index (χ2v) is 5.29. The average Bonchev–Trinajstić information content (AvgIpc) is 2.47. The lowest BCUT2D eigenvalue weighted by molar-refractivity contribution is 0.0754. The number of amides is 1. The van der Waals surface area contributed by atoms with E-state index in [2.05, 4.69) is 18.7 Å². The Kier molecular flexibility index (Phi) is 7.23. The summed E-state index contributed by atoms with van der Waals surface area (Å²) in [5, 5.41) is 9.94. The van der Waals surface area contributed by atoms with E-state index in [0.717, 1.165) is 38.2 Å². The van der Waals surface area contributed by atoms with E-state index in [1.54, 1.807) is 17.0 Å². The van der Waals surface area contributed by atoms with Crippen LogP contribution in [0.5, 0.6) is 5.75 Å². The van der Waals surface area contributed by atoms with Gasteiger partial charge >= 0.3 is 0 Å². The number of aryl methyl sites for hydroxylation is 1. The van der Waals surface area contributed by atoms with Gasteiger partial charge in [-0.3, -0.25) is 4.79 Å². The first kappa shape index (κ1) is 17.5. The van der Waals surface area contributed by atoms with Gasteiger partial charge < -0.3 is 14.9 Å². The van der Waals surface area contributed by atoms with Crippen molar-refractivity contribution >= 4 is 5.91 Å². The fourth-order valence-electron chi connectivity index (χ4n) is 2.42. The first-order valence-electron chi connectivity index (χ1n) is 7.84. The molecule has 0 atom stereocenters. The molecule has 0 bridgehead atoms. The molecule has 4 nitrogen and oxygen atoms in total. The SMILES string of the molecule is CCN(CC)CCCN(CC)C(=O)c1ccc(C)cc1O. The Labute approximate surface area is 128 Å². The highest BCUT2D eigenvalue weighted by atomic mass is 16.3. The first-order chi connectivity index (χ1) is 10.0. The lowest BCUT2D eigenvalue weighted by atomic mass is 10.1. The van der Waals surface area contributed by atoms with Crippen molar-refractivity contribution in [1.82, 2.24) is 9.80 Å². The third-order valence-electron chi connectivity index (χ3n) is 3.85. The highest BCUT2D eigenvalue weighted by molar-refractivity contribution is 5.96.